The molecular weight excluding hydrogens is 1540 g/mol. The van der Waals surface area contributed by atoms with Gasteiger partial charge in [-0.3, -0.25) is 14.4 Å². The minimum atomic E-state index is -3.68. The molecule has 2 aromatic heterocycles. The first-order chi connectivity index (χ1) is 52.8. The molecule has 4 heterocycles. The molecule has 6 fully saturated rings. The Morgan fingerprint density at radius 3 is 1.27 bits per heavy atom. The quantitative estimate of drug-likeness (QED) is 0.0153. The number of ketones is 3. The van der Waals surface area contributed by atoms with E-state index in [9.17, 15) is 51.6 Å². The lowest BCUT2D eigenvalue weighted by atomic mass is 9.97. The molecule has 4 bridgehead atoms. The van der Waals surface area contributed by atoms with Crippen LogP contribution in [0.4, 0.5) is 20.2 Å². The molecule has 2 aliphatic heterocycles. The molecule has 0 spiro atoms. The first-order valence-corrected chi connectivity index (χ1v) is 44.2. The minimum Gasteiger partial charge on any atom is -0.394 e. The maximum atomic E-state index is 15.6. The molecule has 6 aromatic rings. The summed E-state index contributed by atoms with van der Waals surface area (Å²) in [6.07, 6.45) is 14.6. The Hall–Kier alpha value is -5.49. The largest absolute Gasteiger partial charge is 0.394 e. The van der Waals surface area contributed by atoms with E-state index in [4.69, 9.17) is 75.8 Å². The highest BCUT2D eigenvalue weighted by Crippen LogP contribution is 2.50. The lowest BCUT2D eigenvalue weighted by molar-refractivity contribution is -0.147. The number of aliphatic hydroxyl groups is 5. The molecule has 4 saturated carbocycles. The molecule has 110 heavy (non-hydrogen) atoms. The molecule has 12 rings (SSSR count). The Balaban J connectivity index is 0.000000223. The number of halogens is 6. The Bertz CT molecular complexity index is 4310. The molecule has 29 heteroatoms. The van der Waals surface area contributed by atoms with E-state index in [0.29, 0.717) is 124 Å². The number of fused-ring (bicyclic) bond motifs is 4. The number of sulfone groups is 2. The number of aliphatic hydroxyl groups excluding tert-OH is 5. The maximum Gasteiger partial charge on any atom is 0.177 e. The van der Waals surface area contributed by atoms with Crippen LogP contribution < -0.4 is 15.5 Å². The fourth-order valence-electron chi connectivity index (χ4n) is 16.1. The van der Waals surface area contributed by atoms with E-state index in [1.165, 1.54) is 12.1 Å². The fraction of sp³-hybridized carbons (Fsp3) is 0.593. The van der Waals surface area contributed by atoms with Crippen LogP contribution in [0.5, 0.6) is 0 Å². The van der Waals surface area contributed by atoms with E-state index >= 15 is 8.78 Å². The van der Waals surface area contributed by atoms with Crippen LogP contribution in [-0.4, -0.2) is 168 Å². The van der Waals surface area contributed by atoms with Crippen LogP contribution >= 0.6 is 46.4 Å². The molecule has 6 aliphatic rings. The summed E-state index contributed by atoms with van der Waals surface area (Å²) in [5.41, 5.74) is 10.7. The molecule has 0 amide bonds. The first-order valence-electron chi connectivity index (χ1n) is 39.1. The molecular formula is C81H103Cl4F2N5O16S2. The van der Waals surface area contributed by atoms with Crippen LogP contribution in [0.3, 0.4) is 0 Å². The summed E-state index contributed by atoms with van der Waals surface area (Å²) in [5.74, 6) is -1.71. The Morgan fingerprint density at radius 2 is 0.918 bits per heavy atom. The molecule has 0 radical (unpaired) electrons. The predicted molar refractivity (Wildman–Crippen MR) is 420 cm³/mol. The third kappa shape index (κ3) is 22.3. The number of anilines is 2. The summed E-state index contributed by atoms with van der Waals surface area (Å²) in [6, 6.07) is 19.4. The zero-order chi connectivity index (χ0) is 78.4. The fourth-order valence-corrected chi connectivity index (χ4v) is 19.9. The summed E-state index contributed by atoms with van der Waals surface area (Å²) >= 11 is 26.1. The zero-order valence-corrected chi connectivity index (χ0v) is 66.6. The van der Waals surface area contributed by atoms with E-state index in [1.807, 2.05) is 9.80 Å². The second-order valence-electron chi connectivity index (χ2n) is 30.8. The summed E-state index contributed by atoms with van der Waals surface area (Å²) < 4.78 is 106. The number of hydrogen-bond donors (Lipinski definition) is 6. The second kappa shape index (κ2) is 39.7. The van der Waals surface area contributed by atoms with Crippen LogP contribution in [0.25, 0.3) is 22.5 Å². The van der Waals surface area contributed by atoms with E-state index in [0.717, 1.165) is 164 Å². The predicted octanol–water partition coefficient (Wildman–Crippen LogP) is 14.9. The van der Waals surface area contributed by atoms with Gasteiger partial charge in [0.2, 0.25) is 0 Å². The van der Waals surface area contributed by atoms with Gasteiger partial charge in [0.1, 0.15) is 70.5 Å². The van der Waals surface area contributed by atoms with Gasteiger partial charge in [0.25, 0.3) is 0 Å². The summed E-state index contributed by atoms with van der Waals surface area (Å²) in [6.45, 7) is 1.74. The van der Waals surface area contributed by atoms with Crippen LogP contribution in [0.15, 0.2) is 81.8 Å². The van der Waals surface area contributed by atoms with Crippen molar-refractivity contribution in [3.8, 4) is 22.5 Å². The van der Waals surface area contributed by atoms with Gasteiger partial charge in [-0.15, -0.1) is 0 Å². The monoisotopic (exact) mass is 1640 g/mol. The normalized spacial score (nSPS) is 20.7. The van der Waals surface area contributed by atoms with Crippen LogP contribution in [-0.2, 0) is 47.2 Å². The third-order valence-electron chi connectivity index (χ3n) is 22.5. The summed E-state index contributed by atoms with van der Waals surface area (Å²) in [5, 5.41) is 58.3. The zero-order valence-electron chi connectivity index (χ0n) is 62.0. The Morgan fingerprint density at radius 1 is 0.536 bits per heavy atom. The number of unbranched alkanes of at least 4 members (excludes halogenated alkanes) is 15. The lowest BCUT2D eigenvalue weighted by Crippen LogP contribution is -2.48. The lowest BCUT2D eigenvalue weighted by Gasteiger charge is -2.33. The molecule has 7 N–H and O–H groups in total. The number of rotatable bonds is 45. The van der Waals surface area contributed by atoms with Gasteiger partial charge in [-0.1, -0.05) is 152 Å². The number of nitrogens with zero attached hydrogens (tertiary/aromatic N) is 4. The van der Waals surface area contributed by atoms with Gasteiger partial charge in [-0.05, 0) is 144 Å². The van der Waals surface area contributed by atoms with Crippen molar-refractivity contribution in [2.24, 2.45) is 17.6 Å². The highest BCUT2D eigenvalue weighted by molar-refractivity contribution is 7.92. The third-order valence-corrected chi connectivity index (χ3v) is 27.0. The minimum absolute atomic E-state index is 0.00628. The molecule has 10 atom stereocenters. The smallest absolute Gasteiger partial charge is 0.177 e. The van der Waals surface area contributed by atoms with Crippen molar-refractivity contribution in [2.45, 2.75) is 241 Å². The van der Waals surface area contributed by atoms with E-state index < -0.39 is 91.2 Å². The number of benzene rings is 4. The number of carbonyl (C=O) groups excluding carboxylic acids is 3. The molecule has 602 valence electrons. The molecule has 21 nitrogen and oxygen atoms in total. The number of ether oxygens (including phenoxy) is 2. The standard InChI is InChI=1S/C44H57Cl2FN2O11S.C37H46Cl2FN3O5S/c45-31-11-10-12-32(46)39(31)40-30(44(60-48-40)26-14-15-26)24-59-38-21-29-19-28(38)22-49(29)34-17-16-27(20-33(34)47)37(53)25-61(57,58)18-9-7-5-3-1-2-4-6-8-13-35(51)41(54)43(56)42(55)36(52)23-50;38-29-10-9-11-30(39)35(29)36-28(37(48-42-36)24-12-13-24)22-47-34-20-27-18-26(34)21-43(27)32-15-14-25(19-31(32)40)33(44)23-49(45,46)17-8-6-4-2-1-3-5-7-16-41/h10-12,16-17,20,26,28-29,36,38,41-43,50,52,54-56H,1-9,13-15,18-19,21-25H2;9-11,14-15,19,24,26-27,34H,1-8,12-13,16-18,20-23,41H2/t28-,29-,36+,38+,41-,42+,43+;26-,27-,34+/m00/s1. The topological polar surface area (TPSA) is 324 Å². The average Bonchev–Trinajstić information content (AvgIpc) is 1.62. The number of nitrogens with two attached hydrogens (primary N) is 1. The van der Waals surface area contributed by atoms with Crippen molar-refractivity contribution in [3.05, 3.63) is 138 Å². The van der Waals surface area contributed by atoms with Crippen molar-refractivity contribution < 1.29 is 84.1 Å². The second-order valence-corrected chi connectivity index (χ2v) is 36.8. The first kappa shape index (κ1) is 85.4. The van der Waals surface area contributed by atoms with Crippen molar-refractivity contribution in [1.82, 2.24) is 10.3 Å². The van der Waals surface area contributed by atoms with Crippen molar-refractivity contribution in [3.63, 3.8) is 0 Å². The number of piperidine rings is 2. The molecule has 4 aliphatic carbocycles. The summed E-state index contributed by atoms with van der Waals surface area (Å²) in [7, 11) is -7.25. The van der Waals surface area contributed by atoms with Gasteiger partial charge >= 0.3 is 0 Å². The number of Topliss-reactive ketones (excluding diaryl/α,β-unsaturated/α-hetero) is 3. The highest BCUT2D eigenvalue weighted by Gasteiger charge is 2.48. The van der Waals surface area contributed by atoms with Crippen molar-refractivity contribution in [1.29, 1.82) is 0 Å². The van der Waals surface area contributed by atoms with Gasteiger partial charge in [-0.2, -0.15) is 0 Å². The van der Waals surface area contributed by atoms with Crippen LogP contribution in [0.2, 0.25) is 20.1 Å². The van der Waals surface area contributed by atoms with Crippen molar-refractivity contribution >= 4 is 94.8 Å². The van der Waals surface area contributed by atoms with Gasteiger partial charge in [-0.25, -0.2) is 25.6 Å². The highest BCUT2D eigenvalue weighted by atomic mass is 35.5. The number of hydrogen-bond acceptors (Lipinski definition) is 21. The van der Waals surface area contributed by atoms with Gasteiger partial charge < -0.3 is 59.6 Å². The maximum absolute atomic E-state index is 15.6. The molecule has 0 unspecified atom stereocenters. The van der Waals surface area contributed by atoms with Crippen LogP contribution in [0, 0.1) is 23.5 Å². The van der Waals surface area contributed by atoms with E-state index in [-0.39, 0.29) is 65.2 Å². The van der Waals surface area contributed by atoms with Gasteiger partial charge in [0.15, 0.2) is 37.0 Å². The summed E-state index contributed by atoms with van der Waals surface area (Å²) in [4.78, 5) is 42.0. The Kier molecular flexibility index (Phi) is 30.8. The number of aromatic nitrogens is 2. The Labute approximate surface area is 663 Å². The van der Waals surface area contributed by atoms with E-state index in [1.54, 1.807) is 54.6 Å². The van der Waals surface area contributed by atoms with Crippen LogP contribution in [0.1, 0.15) is 222 Å². The van der Waals surface area contributed by atoms with E-state index in [2.05, 4.69) is 10.3 Å². The molecule has 2 saturated heterocycles. The SMILES string of the molecule is NCCCCCCCCCCS(=O)(=O)CC(=O)c1ccc(N2C[C@@H]3C[C@H]2C[C@H]3OCc2c(-c3c(Cl)cccc3Cl)noc2C2CC2)c(F)c1.O=C(CS(=O)(=O)CCCCCCCCCCCC(=O)[C@H](O)[C@@H](O)[C@H](O)[C@H](O)CO)c1ccc(N2C[C@@H]3C[C@H]2C[C@H]3OCc2c(-c3c(Cl)cccc3Cl)noc2C2CC2)c(F)c1. The van der Waals surface area contributed by atoms with Gasteiger partial charge in [0.05, 0.1) is 75.0 Å². The van der Waals surface area contributed by atoms with Crippen molar-refractivity contribution in [2.75, 3.05) is 59.1 Å². The molecule has 4 aromatic carbocycles. The average molecular weight is 1650 g/mol. The number of carbonyl (C=O) groups is 3. The van der Waals surface area contributed by atoms with Gasteiger partial charge in [0, 0.05) is 88.6 Å².